The minimum Gasteiger partial charge on any atom is -0.456 e. The fourth-order valence-electron chi connectivity index (χ4n) is 8.27. The third-order valence-corrected chi connectivity index (χ3v) is 11.1. The van der Waals surface area contributed by atoms with Crippen LogP contribution in [-0.2, 0) is 0 Å². The first-order valence-electron chi connectivity index (χ1n) is 19.3. The fourth-order valence-corrected chi connectivity index (χ4v) is 8.27. The maximum absolute atomic E-state index is 6.69. The zero-order valence-electron chi connectivity index (χ0n) is 30.9. The first kappa shape index (κ1) is 32.3. The second kappa shape index (κ2) is 12.8. The van der Waals surface area contributed by atoms with Crippen LogP contribution in [0, 0.1) is 0 Å². The lowest BCUT2D eigenvalue weighted by molar-refractivity contribution is 0.623. The van der Waals surface area contributed by atoms with Crippen LogP contribution in [0.4, 0.5) is 0 Å². The second-order valence-electron chi connectivity index (χ2n) is 14.6. The van der Waals surface area contributed by atoms with Crippen LogP contribution in [-0.4, -0.2) is 19.9 Å². The molecule has 6 heteroatoms. The maximum atomic E-state index is 6.69. The van der Waals surface area contributed by atoms with E-state index < -0.39 is 0 Å². The molecule has 12 rings (SSSR count). The Bertz CT molecular complexity index is 3570. The smallest absolute Gasteiger partial charge is 0.227 e. The van der Waals surface area contributed by atoms with Gasteiger partial charge in [0.2, 0.25) is 5.89 Å². The lowest BCUT2D eigenvalue weighted by Gasteiger charge is -2.10. The first-order chi connectivity index (χ1) is 28.7. The van der Waals surface area contributed by atoms with Crippen molar-refractivity contribution in [2.45, 2.75) is 0 Å². The van der Waals surface area contributed by atoms with Crippen molar-refractivity contribution in [3.63, 3.8) is 0 Å². The molecule has 58 heavy (non-hydrogen) atoms. The third kappa shape index (κ3) is 5.27. The number of fused-ring (bicyclic) bond motifs is 9. The monoisotopic (exact) mass is 742 g/mol. The number of rotatable bonds is 5. The number of aromatic nitrogens is 4. The van der Waals surface area contributed by atoms with Crippen LogP contribution < -0.4 is 0 Å². The molecule has 0 radical (unpaired) electrons. The van der Waals surface area contributed by atoms with E-state index in [1.165, 1.54) is 11.1 Å². The largest absolute Gasteiger partial charge is 0.456 e. The lowest BCUT2D eigenvalue weighted by Crippen LogP contribution is -2.00. The predicted molar refractivity (Wildman–Crippen MR) is 234 cm³/mol. The number of hydrogen-bond acceptors (Lipinski definition) is 6. The molecule has 0 atom stereocenters. The Balaban J connectivity index is 1.03. The van der Waals surface area contributed by atoms with E-state index >= 15 is 0 Å². The van der Waals surface area contributed by atoms with Gasteiger partial charge in [-0.15, -0.1) is 0 Å². The summed E-state index contributed by atoms with van der Waals surface area (Å²) in [6.45, 7) is 0. The molecule has 0 bridgehead atoms. The summed E-state index contributed by atoms with van der Waals surface area (Å²) in [5.41, 5.74) is 8.99. The van der Waals surface area contributed by atoms with Crippen molar-refractivity contribution >= 4 is 65.4 Å². The molecule has 6 nitrogen and oxygen atoms in total. The van der Waals surface area contributed by atoms with Gasteiger partial charge in [-0.3, -0.25) is 0 Å². The van der Waals surface area contributed by atoms with Crippen LogP contribution in [0.5, 0.6) is 0 Å². The lowest BCUT2D eigenvalue weighted by atomic mass is 9.99. The van der Waals surface area contributed by atoms with Gasteiger partial charge in [0.1, 0.15) is 16.7 Å². The van der Waals surface area contributed by atoms with Gasteiger partial charge < -0.3 is 8.83 Å². The number of benzene rings is 9. The molecule has 0 N–H and O–H groups in total. The third-order valence-electron chi connectivity index (χ3n) is 11.1. The highest BCUT2D eigenvalue weighted by atomic mass is 16.4. The number of hydrogen-bond donors (Lipinski definition) is 0. The standard InChI is InChI=1S/C52H30N4O2/c1-3-10-31(11-4-1)35-19-20-37-29-38(23-21-36(37)28-35)50-54-49(34-13-5-2-6-14-34)55-51(56-50)39-22-18-33-24-26-44-46(42(33)30-39)47-45(57-44)27-25-43-48(47)58-52(53-43)41-17-9-15-32-12-7-8-16-40(32)41/h1-30H. The van der Waals surface area contributed by atoms with Gasteiger partial charge in [0.05, 0.1) is 5.39 Å². The molecule has 3 aromatic heterocycles. The number of furan rings is 1. The summed E-state index contributed by atoms with van der Waals surface area (Å²) in [7, 11) is 0. The van der Waals surface area contributed by atoms with E-state index in [4.69, 9.17) is 28.8 Å². The number of oxazole rings is 1. The Morgan fingerprint density at radius 3 is 1.69 bits per heavy atom. The van der Waals surface area contributed by atoms with Crippen LogP contribution in [0.2, 0.25) is 0 Å². The Morgan fingerprint density at radius 2 is 0.897 bits per heavy atom. The normalized spacial score (nSPS) is 11.8. The molecule has 12 aromatic rings. The molecule has 0 aliphatic rings. The minimum absolute atomic E-state index is 0.575. The fraction of sp³-hybridized carbons (Fsp3) is 0. The highest BCUT2D eigenvalue weighted by Crippen LogP contribution is 2.42. The van der Waals surface area contributed by atoms with Gasteiger partial charge in [-0.25, -0.2) is 19.9 Å². The van der Waals surface area contributed by atoms with Crippen molar-refractivity contribution in [1.29, 1.82) is 0 Å². The van der Waals surface area contributed by atoms with Crippen molar-refractivity contribution in [2.24, 2.45) is 0 Å². The summed E-state index contributed by atoms with van der Waals surface area (Å²) < 4.78 is 13.2. The van der Waals surface area contributed by atoms with E-state index in [2.05, 4.69) is 109 Å². The van der Waals surface area contributed by atoms with Gasteiger partial charge in [0.15, 0.2) is 23.1 Å². The molecule has 0 fully saturated rings. The Kier molecular flexibility index (Phi) is 7.13. The van der Waals surface area contributed by atoms with Crippen LogP contribution in [0.25, 0.3) is 122 Å². The molecule has 3 heterocycles. The average molecular weight is 743 g/mol. The molecule has 0 aliphatic heterocycles. The van der Waals surface area contributed by atoms with Gasteiger partial charge in [-0.2, -0.15) is 0 Å². The SMILES string of the molecule is c1ccc(-c2ccc3cc(-c4nc(-c5ccccc5)nc(-c5ccc6ccc7oc8ccc9nc(-c%10cccc%11ccccc%10%11)oc9c8c7c6c5)n4)ccc3c2)cc1. The highest BCUT2D eigenvalue weighted by Gasteiger charge is 2.20. The molecular weight excluding hydrogens is 713 g/mol. The summed E-state index contributed by atoms with van der Waals surface area (Å²) in [5, 5.41) is 8.41. The van der Waals surface area contributed by atoms with Gasteiger partial charge in [-0.05, 0) is 85.9 Å². The summed E-state index contributed by atoms with van der Waals surface area (Å²) in [4.78, 5) is 20.3. The van der Waals surface area contributed by atoms with Crippen molar-refractivity contribution in [3.8, 4) is 56.7 Å². The molecule has 0 aliphatic carbocycles. The zero-order chi connectivity index (χ0) is 38.2. The molecule has 0 unspecified atom stereocenters. The Labute approximate surface area is 331 Å². The van der Waals surface area contributed by atoms with E-state index in [1.807, 2.05) is 72.8 Å². The maximum Gasteiger partial charge on any atom is 0.227 e. The Morgan fingerprint density at radius 1 is 0.328 bits per heavy atom. The molecule has 0 saturated heterocycles. The number of nitrogens with zero attached hydrogens (tertiary/aromatic N) is 4. The molecule has 0 amide bonds. The summed E-state index contributed by atoms with van der Waals surface area (Å²) in [6, 6.07) is 62.5. The van der Waals surface area contributed by atoms with Crippen LogP contribution in [0.3, 0.4) is 0 Å². The van der Waals surface area contributed by atoms with E-state index in [0.717, 1.165) is 82.0 Å². The van der Waals surface area contributed by atoms with E-state index in [0.29, 0.717) is 28.9 Å². The topological polar surface area (TPSA) is 77.8 Å². The van der Waals surface area contributed by atoms with Gasteiger partial charge >= 0.3 is 0 Å². The average Bonchev–Trinajstić information content (AvgIpc) is 3.91. The van der Waals surface area contributed by atoms with Crippen molar-refractivity contribution < 1.29 is 8.83 Å². The molecule has 0 saturated carbocycles. The summed E-state index contributed by atoms with van der Waals surface area (Å²) >= 11 is 0. The molecule has 270 valence electrons. The molecular formula is C52H30N4O2. The Hall–Kier alpha value is -7.96. The van der Waals surface area contributed by atoms with E-state index in [1.54, 1.807) is 0 Å². The molecule has 0 spiro atoms. The van der Waals surface area contributed by atoms with Crippen molar-refractivity contribution in [3.05, 3.63) is 182 Å². The van der Waals surface area contributed by atoms with Gasteiger partial charge in [-0.1, -0.05) is 140 Å². The van der Waals surface area contributed by atoms with Crippen LogP contribution in [0.15, 0.2) is 191 Å². The van der Waals surface area contributed by atoms with Crippen LogP contribution >= 0.6 is 0 Å². The molecule has 9 aromatic carbocycles. The van der Waals surface area contributed by atoms with Crippen molar-refractivity contribution in [1.82, 2.24) is 19.9 Å². The van der Waals surface area contributed by atoms with Gasteiger partial charge in [0, 0.05) is 27.6 Å². The summed E-state index contributed by atoms with van der Waals surface area (Å²) in [5.74, 6) is 2.37. The zero-order valence-corrected chi connectivity index (χ0v) is 30.9. The summed E-state index contributed by atoms with van der Waals surface area (Å²) in [6.07, 6.45) is 0. The highest BCUT2D eigenvalue weighted by molar-refractivity contribution is 6.25. The van der Waals surface area contributed by atoms with Crippen molar-refractivity contribution in [2.75, 3.05) is 0 Å². The first-order valence-corrected chi connectivity index (χ1v) is 19.3. The van der Waals surface area contributed by atoms with E-state index in [-0.39, 0.29) is 0 Å². The second-order valence-corrected chi connectivity index (χ2v) is 14.6. The predicted octanol–water partition coefficient (Wildman–Crippen LogP) is 13.7. The van der Waals surface area contributed by atoms with E-state index in [9.17, 15) is 0 Å². The van der Waals surface area contributed by atoms with Crippen LogP contribution in [0.1, 0.15) is 0 Å². The quantitative estimate of drug-likeness (QED) is 0.175. The van der Waals surface area contributed by atoms with Gasteiger partial charge in [0.25, 0.3) is 0 Å². The minimum atomic E-state index is 0.575.